The van der Waals surface area contributed by atoms with E-state index in [-0.39, 0.29) is 0 Å². The summed E-state index contributed by atoms with van der Waals surface area (Å²) in [5.41, 5.74) is 1.16. The molecule has 3 fully saturated rings. The SMILES string of the molecule is C[Si](C)(C)C1C2CCC2C(Br)C2CCC21. The fourth-order valence-corrected chi connectivity index (χ4v) is 9.41. The van der Waals surface area contributed by atoms with E-state index in [1.54, 1.807) is 12.8 Å². The molecule has 0 bridgehead atoms. The van der Waals surface area contributed by atoms with E-state index in [0.29, 0.717) is 0 Å². The molecule has 15 heavy (non-hydrogen) atoms. The summed E-state index contributed by atoms with van der Waals surface area (Å²) in [6.07, 6.45) is 6.13. The van der Waals surface area contributed by atoms with Crippen molar-refractivity contribution in [1.29, 1.82) is 0 Å². The second-order valence-corrected chi connectivity index (χ2v) is 13.6. The topological polar surface area (TPSA) is 0 Å². The molecule has 0 amide bonds. The molecule has 3 saturated carbocycles. The summed E-state index contributed by atoms with van der Waals surface area (Å²) >= 11 is 4.01. The lowest BCUT2D eigenvalue weighted by molar-refractivity contribution is -0.00869. The number of rotatable bonds is 1. The van der Waals surface area contributed by atoms with E-state index in [0.717, 1.165) is 34.0 Å². The minimum absolute atomic E-state index is 0.891. The van der Waals surface area contributed by atoms with Crippen molar-refractivity contribution < 1.29 is 0 Å². The van der Waals surface area contributed by atoms with Crippen molar-refractivity contribution in [2.24, 2.45) is 23.7 Å². The zero-order valence-corrected chi connectivity index (χ0v) is 12.8. The van der Waals surface area contributed by atoms with Crippen LogP contribution in [0.5, 0.6) is 0 Å². The van der Waals surface area contributed by atoms with Crippen LogP contribution >= 0.6 is 15.9 Å². The van der Waals surface area contributed by atoms with Crippen LogP contribution in [0.1, 0.15) is 25.7 Å². The predicted octanol–water partition coefficient (Wildman–Crippen LogP) is 4.52. The lowest BCUT2D eigenvalue weighted by Crippen LogP contribution is -2.58. The number of hydrogen-bond acceptors (Lipinski definition) is 0. The Labute approximate surface area is 103 Å². The first-order valence-corrected chi connectivity index (χ1v) is 11.1. The fraction of sp³-hybridized carbons (Fsp3) is 1.00. The van der Waals surface area contributed by atoms with Gasteiger partial charge in [0.25, 0.3) is 0 Å². The molecular weight excluding hydrogens is 264 g/mol. The average molecular weight is 287 g/mol. The van der Waals surface area contributed by atoms with Crippen molar-refractivity contribution in [3.8, 4) is 0 Å². The van der Waals surface area contributed by atoms with E-state index in [4.69, 9.17) is 0 Å². The van der Waals surface area contributed by atoms with Gasteiger partial charge in [0.1, 0.15) is 0 Å². The van der Waals surface area contributed by atoms with Crippen LogP contribution in [0.15, 0.2) is 0 Å². The summed E-state index contributed by atoms with van der Waals surface area (Å²) in [6, 6.07) is 0. The third-order valence-electron chi connectivity index (χ3n) is 5.51. The van der Waals surface area contributed by atoms with Crippen LogP contribution in [-0.4, -0.2) is 12.9 Å². The van der Waals surface area contributed by atoms with Gasteiger partial charge in [-0.2, -0.15) is 0 Å². The third kappa shape index (κ3) is 1.43. The fourth-order valence-electron chi connectivity index (χ4n) is 4.71. The first kappa shape index (κ1) is 10.8. The molecular formula is C13H23BrSi. The lowest BCUT2D eigenvalue weighted by Gasteiger charge is -2.63. The monoisotopic (exact) mass is 286 g/mol. The molecule has 0 spiro atoms. The number of alkyl halides is 1. The molecule has 0 aromatic rings. The van der Waals surface area contributed by atoms with E-state index in [2.05, 4.69) is 35.6 Å². The Kier molecular flexibility index (Phi) is 2.42. The molecule has 86 valence electrons. The summed E-state index contributed by atoms with van der Waals surface area (Å²) in [5.74, 6) is 4.34. The molecule has 3 aliphatic carbocycles. The summed E-state index contributed by atoms with van der Waals surface area (Å²) in [7, 11) is -0.914. The summed E-state index contributed by atoms with van der Waals surface area (Å²) in [5, 5.41) is 0. The van der Waals surface area contributed by atoms with Crippen LogP contribution in [0.3, 0.4) is 0 Å². The molecule has 3 aliphatic rings. The normalized spacial score (nSPS) is 53.6. The van der Waals surface area contributed by atoms with Gasteiger partial charge in [-0.25, -0.2) is 0 Å². The van der Waals surface area contributed by atoms with Crippen molar-refractivity contribution in [3.63, 3.8) is 0 Å². The maximum absolute atomic E-state index is 4.01. The smallest absolute Gasteiger partial charge is 0.0479 e. The van der Waals surface area contributed by atoms with E-state index in [9.17, 15) is 0 Å². The second-order valence-electron chi connectivity index (χ2n) is 7.15. The molecule has 0 aromatic heterocycles. The Balaban J connectivity index is 1.88. The van der Waals surface area contributed by atoms with E-state index in [1.807, 2.05) is 0 Å². The lowest BCUT2D eigenvalue weighted by atomic mass is 9.52. The highest BCUT2D eigenvalue weighted by Gasteiger charge is 2.58. The quantitative estimate of drug-likeness (QED) is 0.491. The molecule has 4 atom stereocenters. The molecule has 0 aliphatic heterocycles. The second kappa shape index (κ2) is 3.35. The predicted molar refractivity (Wildman–Crippen MR) is 72.2 cm³/mol. The van der Waals surface area contributed by atoms with Crippen molar-refractivity contribution >= 4 is 24.0 Å². The number of hydrogen-bond donors (Lipinski definition) is 0. The van der Waals surface area contributed by atoms with Crippen molar-refractivity contribution in [3.05, 3.63) is 0 Å². The maximum atomic E-state index is 4.01. The van der Waals surface area contributed by atoms with Crippen molar-refractivity contribution in [2.75, 3.05) is 0 Å². The van der Waals surface area contributed by atoms with Crippen LogP contribution in [0, 0.1) is 23.7 Å². The van der Waals surface area contributed by atoms with Gasteiger partial charge in [0.15, 0.2) is 0 Å². The van der Waals surface area contributed by atoms with Gasteiger partial charge >= 0.3 is 0 Å². The molecule has 0 nitrogen and oxygen atoms in total. The van der Waals surface area contributed by atoms with Gasteiger partial charge in [-0.05, 0) is 54.9 Å². The largest absolute Gasteiger partial charge is 0.0884 e. The summed E-state index contributed by atoms with van der Waals surface area (Å²) in [6.45, 7) is 7.82. The third-order valence-corrected chi connectivity index (χ3v) is 9.72. The van der Waals surface area contributed by atoms with Gasteiger partial charge < -0.3 is 0 Å². The van der Waals surface area contributed by atoms with Crippen LogP contribution in [-0.2, 0) is 0 Å². The van der Waals surface area contributed by atoms with E-state index in [1.165, 1.54) is 12.8 Å². The standard InChI is InChI=1S/C13H23BrSi/c1-15(2,3)13-10-6-4-8(10)12(14)9-5-7-11(9)13/h8-13H,4-7H2,1-3H3. The summed E-state index contributed by atoms with van der Waals surface area (Å²) in [4.78, 5) is 0.891. The Morgan fingerprint density at radius 3 is 1.47 bits per heavy atom. The highest BCUT2D eigenvalue weighted by molar-refractivity contribution is 9.09. The Morgan fingerprint density at radius 2 is 1.20 bits per heavy atom. The molecule has 4 unspecified atom stereocenters. The van der Waals surface area contributed by atoms with Gasteiger partial charge in [-0.1, -0.05) is 35.6 Å². The number of fused-ring (bicyclic) bond motifs is 2. The van der Waals surface area contributed by atoms with Crippen LogP contribution in [0.25, 0.3) is 0 Å². The summed E-state index contributed by atoms with van der Waals surface area (Å²) < 4.78 is 0. The number of halogens is 1. The first-order valence-electron chi connectivity index (χ1n) is 6.64. The van der Waals surface area contributed by atoms with Gasteiger partial charge in [-0.15, -0.1) is 0 Å². The van der Waals surface area contributed by atoms with E-state index >= 15 is 0 Å². The van der Waals surface area contributed by atoms with Gasteiger partial charge in [0.2, 0.25) is 0 Å². The molecule has 2 heteroatoms. The zero-order valence-electron chi connectivity index (χ0n) is 10.2. The van der Waals surface area contributed by atoms with Gasteiger partial charge in [0, 0.05) is 12.9 Å². The first-order chi connectivity index (χ1) is 7.00. The maximum Gasteiger partial charge on any atom is 0.0479 e. The average Bonchev–Trinajstić information content (AvgIpc) is 1.94. The molecule has 0 N–H and O–H groups in total. The minimum Gasteiger partial charge on any atom is -0.0884 e. The van der Waals surface area contributed by atoms with Gasteiger partial charge in [0.05, 0.1) is 0 Å². The highest BCUT2D eigenvalue weighted by Crippen LogP contribution is 2.65. The van der Waals surface area contributed by atoms with E-state index < -0.39 is 8.07 Å². The van der Waals surface area contributed by atoms with Crippen LogP contribution in [0.4, 0.5) is 0 Å². The highest BCUT2D eigenvalue weighted by atomic mass is 79.9. The van der Waals surface area contributed by atoms with Crippen molar-refractivity contribution in [2.45, 2.75) is 55.7 Å². The molecule has 0 heterocycles. The van der Waals surface area contributed by atoms with Gasteiger partial charge in [-0.3, -0.25) is 0 Å². The Bertz CT molecular complexity index is 250. The zero-order chi connectivity index (χ0) is 10.8. The molecule has 0 aromatic carbocycles. The van der Waals surface area contributed by atoms with Crippen molar-refractivity contribution in [1.82, 2.24) is 0 Å². The Morgan fingerprint density at radius 1 is 0.800 bits per heavy atom. The van der Waals surface area contributed by atoms with Crippen LogP contribution in [0.2, 0.25) is 25.2 Å². The Hall–Kier alpha value is 0.697. The molecule has 0 saturated heterocycles. The molecule has 3 rings (SSSR count). The van der Waals surface area contributed by atoms with Crippen LogP contribution < -0.4 is 0 Å². The minimum atomic E-state index is -0.914. The molecule has 0 radical (unpaired) electrons.